The normalized spacial score (nSPS) is 25.1. The molecule has 0 bridgehead atoms. The van der Waals surface area contributed by atoms with Crippen LogP contribution in [-0.4, -0.2) is 36.3 Å². The minimum Gasteiger partial charge on any atom is -0.372 e. The van der Waals surface area contributed by atoms with E-state index in [0.29, 0.717) is 12.4 Å². The molecule has 0 aliphatic carbocycles. The van der Waals surface area contributed by atoms with E-state index in [2.05, 4.69) is 10.5 Å². The Bertz CT molecular complexity index is 218. The maximum Gasteiger partial charge on any atom is 0.250 e. The van der Waals surface area contributed by atoms with Gasteiger partial charge in [0.15, 0.2) is 0 Å². The molecule has 5 heteroatoms. The van der Waals surface area contributed by atoms with Crippen LogP contribution in [0.25, 0.3) is 0 Å². The van der Waals surface area contributed by atoms with Crippen molar-refractivity contribution in [3.8, 4) is 0 Å². The molecule has 1 saturated heterocycles. The lowest BCUT2D eigenvalue weighted by Crippen LogP contribution is -2.23. The monoisotopic (exact) mass is 202 g/mol. The molecule has 1 heterocycles. The minimum atomic E-state index is -0.0564. The van der Waals surface area contributed by atoms with Crippen LogP contribution in [0.4, 0.5) is 0 Å². The summed E-state index contributed by atoms with van der Waals surface area (Å²) in [6.07, 6.45) is 2.75. The van der Waals surface area contributed by atoms with E-state index in [1.807, 2.05) is 13.2 Å². The van der Waals surface area contributed by atoms with Gasteiger partial charge in [0.1, 0.15) is 0 Å². The zero-order valence-corrected chi connectivity index (χ0v) is 8.69. The molecule has 1 amide bonds. The molecule has 0 aromatic rings. The van der Waals surface area contributed by atoms with E-state index in [1.165, 1.54) is 11.8 Å². The van der Waals surface area contributed by atoms with Crippen LogP contribution in [0.3, 0.4) is 0 Å². The SMILES string of the molecule is CSCC(=O)N/N=C1/CCOC1C. The fourth-order valence-electron chi connectivity index (χ4n) is 1.08. The van der Waals surface area contributed by atoms with E-state index in [9.17, 15) is 4.79 Å². The van der Waals surface area contributed by atoms with Crippen LogP contribution in [0.15, 0.2) is 5.10 Å². The van der Waals surface area contributed by atoms with E-state index in [1.54, 1.807) is 0 Å². The molecular weight excluding hydrogens is 188 g/mol. The van der Waals surface area contributed by atoms with Gasteiger partial charge in [0.05, 0.1) is 24.2 Å². The molecule has 74 valence electrons. The van der Waals surface area contributed by atoms with E-state index in [4.69, 9.17) is 4.74 Å². The molecule has 13 heavy (non-hydrogen) atoms. The number of rotatable bonds is 3. The number of carbonyl (C=O) groups is 1. The molecule has 1 rings (SSSR count). The van der Waals surface area contributed by atoms with Crippen molar-refractivity contribution >= 4 is 23.4 Å². The number of hydrazone groups is 1. The van der Waals surface area contributed by atoms with Crippen LogP contribution < -0.4 is 5.43 Å². The summed E-state index contributed by atoms with van der Waals surface area (Å²) in [5.41, 5.74) is 3.43. The Labute approximate surface area is 82.1 Å². The number of amides is 1. The van der Waals surface area contributed by atoms with Crippen LogP contribution in [-0.2, 0) is 9.53 Å². The molecule has 4 nitrogen and oxygen atoms in total. The quantitative estimate of drug-likeness (QED) is 0.683. The third kappa shape index (κ3) is 3.36. The highest BCUT2D eigenvalue weighted by Gasteiger charge is 2.18. The Balaban J connectivity index is 2.34. The molecular formula is C8H14N2O2S. The maximum atomic E-state index is 11.0. The first-order valence-corrected chi connectivity index (χ1v) is 5.59. The number of ether oxygens (including phenoxy) is 1. The van der Waals surface area contributed by atoms with Crippen LogP contribution >= 0.6 is 11.8 Å². The first-order chi connectivity index (χ1) is 6.24. The fraction of sp³-hybridized carbons (Fsp3) is 0.750. The van der Waals surface area contributed by atoms with Crippen molar-refractivity contribution in [2.45, 2.75) is 19.4 Å². The largest absolute Gasteiger partial charge is 0.372 e. The Hall–Kier alpha value is -0.550. The third-order valence-corrected chi connectivity index (χ3v) is 2.35. The highest BCUT2D eigenvalue weighted by atomic mass is 32.2. The molecule has 0 spiro atoms. The van der Waals surface area contributed by atoms with Crippen molar-refractivity contribution in [3.63, 3.8) is 0 Å². The van der Waals surface area contributed by atoms with Gasteiger partial charge in [-0.15, -0.1) is 0 Å². The van der Waals surface area contributed by atoms with Crippen LogP contribution in [0.2, 0.25) is 0 Å². The van der Waals surface area contributed by atoms with Crippen molar-refractivity contribution in [2.24, 2.45) is 5.10 Å². The van der Waals surface area contributed by atoms with E-state index < -0.39 is 0 Å². The lowest BCUT2D eigenvalue weighted by atomic mass is 10.2. The number of hydrogen-bond acceptors (Lipinski definition) is 4. The Morgan fingerprint density at radius 2 is 2.62 bits per heavy atom. The van der Waals surface area contributed by atoms with E-state index >= 15 is 0 Å². The fourth-order valence-corrected chi connectivity index (χ4v) is 1.41. The van der Waals surface area contributed by atoms with Crippen molar-refractivity contribution in [1.29, 1.82) is 0 Å². The van der Waals surface area contributed by atoms with Gasteiger partial charge in [-0.2, -0.15) is 16.9 Å². The molecule has 1 N–H and O–H groups in total. The summed E-state index contributed by atoms with van der Waals surface area (Å²) >= 11 is 1.48. The lowest BCUT2D eigenvalue weighted by molar-refractivity contribution is -0.118. The predicted molar refractivity (Wildman–Crippen MR) is 54.0 cm³/mol. The van der Waals surface area contributed by atoms with Crippen LogP contribution in [0.5, 0.6) is 0 Å². The van der Waals surface area contributed by atoms with Gasteiger partial charge in [0.2, 0.25) is 5.91 Å². The number of nitrogens with zero attached hydrogens (tertiary/aromatic N) is 1. The topological polar surface area (TPSA) is 50.7 Å². The van der Waals surface area contributed by atoms with Gasteiger partial charge in [-0.05, 0) is 13.2 Å². The first kappa shape index (κ1) is 10.5. The average molecular weight is 202 g/mol. The molecule has 1 fully saturated rings. The summed E-state index contributed by atoms with van der Waals surface area (Å²) in [5, 5.41) is 4.00. The van der Waals surface area contributed by atoms with Gasteiger partial charge in [0, 0.05) is 6.42 Å². The summed E-state index contributed by atoms with van der Waals surface area (Å²) in [4.78, 5) is 11.0. The van der Waals surface area contributed by atoms with Crippen LogP contribution in [0, 0.1) is 0 Å². The number of hydrogen-bond donors (Lipinski definition) is 1. The summed E-state index contributed by atoms with van der Waals surface area (Å²) in [6, 6.07) is 0. The Kier molecular flexibility index (Phi) is 4.24. The maximum absolute atomic E-state index is 11.0. The summed E-state index contributed by atoms with van der Waals surface area (Å²) in [5.74, 6) is 0.394. The second-order valence-electron chi connectivity index (χ2n) is 2.83. The summed E-state index contributed by atoms with van der Waals surface area (Å²) in [7, 11) is 0. The summed E-state index contributed by atoms with van der Waals surface area (Å²) in [6.45, 7) is 2.64. The molecule has 0 radical (unpaired) electrons. The molecule has 0 saturated carbocycles. The molecule has 1 aliphatic rings. The summed E-state index contributed by atoms with van der Waals surface area (Å²) < 4.78 is 5.27. The van der Waals surface area contributed by atoms with Gasteiger partial charge in [-0.3, -0.25) is 4.79 Å². The molecule has 1 unspecified atom stereocenters. The number of thioether (sulfide) groups is 1. The smallest absolute Gasteiger partial charge is 0.250 e. The van der Waals surface area contributed by atoms with Gasteiger partial charge in [-0.1, -0.05) is 0 Å². The highest BCUT2D eigenvalue weighted by molar-refractivity contribution is 7.99. The van der Waals surface area contributed by atoms with Crippen LogP contribution in [0.1, 0.15) is 13.3 Å². The van der Waals surface area contributed by atoms with Gasteiger partial charge < -0.3 is 4.74 Å². The standard InChI is InChI=1S/C8H14N2O2S/c1-6-7(3-4-12-6)9-10-8(11)5-13-2/h6H,3-5H2,1-2H3,(H,10,11)/b9-7-. The van der Waals surface area contributed by atoms with E-state index in [0.717, 1.165) is 12.1 Å². The molecule has 0 aromatic heterocycles. The zero-order valence-electron chi connectivity index (χ0n) is 7.87. The van der Waals surface area contributed by atoms with Gasteiger partial charge in [0.25, 0.3) is 0 Å². The second kappa shape index (κ2) is 5.24. The molecule has 1 aliphatic heterocycles. The second-order valence-corrected chi connectivity index (χ2v) is 3.70. The molecule has 1 atom stereocenters. The van der Waals surface area contributed by atoms with Gasteiger partial charge >= 0.3 is 0 Å². The number of nitrogens with one attached hydrogen (secondary N) is 1. The molecule has 0 aromatic carbocycles. The van der Waals surface area contributed by atoms with Gasteiger partial charge in [-0.25, -0.2) is 5.43 Å². The highest BCUT2D eigenvalue weighted by Crippen LogP contribution is 2.08. The number of carbonyl (C=O) groups excluding carboxylic acids is 1. The van der Waals surface area contributed by atoms with Crippen molar-refractivity contribution < 1.29 is 9.53 Å². The predicted octanol–water partition coefficient (Wildman–Crippen LogP) is 0.630. The van der Waals surface area contributed by atoms with Crippen molar-refractivity contribution in [1.82, 2.24) is 5.43 Å². The third-order valence-electron chi connectivity index (χ3n) is 1.79. The lowest BCUT2D eigenvalue weighted by Gasteiger charge is -2.02. The Morgan fingerprint density at radius 1 is 1.85 bits per heavy atom. The Morgan fingerprint density at radius 3 is 3.15 bits per heavy atom. The van der Waals surface area contributed by atoms with Crippen molar-refractivity contribution in [2.75, 3.05) is 18.6 Å². The van der Waals surface area contributed by atoms with E-state index in [-0.39, 0.29) is 12.0 Å². The zero-order chi connectivity index (χ0) is 9.68. The minimum absolute atomic E-state index is 0.0505. The first-order valence-electron chi connectivity index (χ1n) is 4.20. The average Bonchev–Trinajstić information content (AvgIpc) is 2.48. The van der Waals surface area contributed by atoms with Crippen molar-refractivity contribution in [3.05, 3.63) is 0 Å².